The molecule has 1 aliphatic carbocycles. The van der Waals surface area contributed by atoms with Crippen molar-refractivity contribution in [3.05, 3.63) is 24.3 Å². The maximum absolute atomic E-state index is 11.6. The molecule has 138 valence electrons. The molecule has 4 rings (SSSR count). The molecule has 1 saturated carbocycles. The fourth-order valence-corrected chi connectivity index (χ4v) is 5.45. The van der Waals surface area contributed by atoms with Gasteiger partial charge >= 0.3 is 0 Å². The molecule has 0 amide bonds. The molecule has 0 radical (unpaired) electrons. The zero-order valence-electron chi connectivity index (χ0n) is 14.7. The Hall–Kier alpha value is -0.600. The molecule has 0 unspecified atom stereocenters. The highest BCUT2D eigenvalue weighted by Gasteiger charge is 2.45. The molecule has 1 aromatic rings. The lowest BCUT2D eigenvalue weighted by atomic mass is 10.0. The first-order valence-electron chi connectivity index (χ1n) is 9.07. The van der Waals surface area contributed by atoms with Gasteiger partial charge in [0.2, 0.25) is 0 Å². The number of hydrogen-bond donors (Lipinski definition) is 0. The highest BCUT2D eigenvalue weighted by molar-refractivity contribution is 7.97. The molecule has 1 spiro atoms. The van der Waals surface area contributed by atoms with Gasteiger partial charge in [0.25, 0.3) is 0 Å². The molecular formula is C18H26N2O3S2. The van der Waals surface area contributed by atoms with Crippen molar-refractivity contribution in [2.75, 3.05) is 39.0 Å². The number of nitrogens with zero attached hydrogens (tertiary/aromatic N) is 2. The minimum absolute atomic E-state index is 0.153. The van der Waals surface area contributed by atoms with Gasteiger partial charge in [-0.15, -0.1) is 0 Å². The van der Waals surface area contributed by atoms with E-state index in [2.05, 4.69) is 9.21 Å². The molecule has 3 fully saturated rings. The smallest absolute Gasteiger partial charge is 0.175 e. The monoisotopic (exact) mass is 382 g/mol. The van der Waals surface area contributed by atoms with Crippen LogP contribution in [0, 0.1) is 5.92 Å². The van der Waals surface area contributed by atoms with Crippen LogP contribution in [0.15, 0.2) is 34.1 Å². The van der Waals surface area contributed by atoms with Crippen LogP contribution in [-0.4, -0.2) is 62.4 Å². The van der Waals surface area contributed by atoms with Crippen LogP contribution in [-0.2, 0) is 14.6 Å². The van der Waals surface area contributed by atoms with Gasteiger partial charge in [-0.3, -0.25) is 0 Å². The normalized spacial score (nSPS) is 24.8. The summed E-state index contributed by atoms with van der Waals surface area (Å²) in [6, 6.07) is 7.18. The summed E-state index contributed by atoms with van der Waals surface area (Å²) in [5.41, 5.74) is -0.153. The molecule has 0 N–H and O–H groups in total. The first-order chi connectivity index (χ1) is 11.9. The molecule has 25 heavy (non-hydrogen) atoms. The summed E-state index contributed by atoms with van der Waals surface area (Å²) >= 11 is 1.70. The minimum atomic E-state index is -3.14. The second-order valence-electron chi connectivity index (χ2n) is 7.48. The summed E-state index contributed by atoms with van der Waals surface area (Å²) in [5.74, 6) is 0.942. The van der Waals surface area contributed by atoms with Gasteiger partial charge in [-0.05, 0) is 55.0 Å². The van der Waals surface area contributed by atoms with Gasteiger partial charge in [0.1, 0.15) is 5.72 Å². The Kier molecular flexibility index (Phi) is 4.88. The van der Waals surface area contributed by atoms with Crippen LogP contribution in [0.1, 0.15) is 25.7 Å². The lowest BCUT2D eigenvalue weighted by Gasteiger charge is -2.43. The van der Waals surface area contributed by atoms with Crippen molar-refractivity contribution < 1.29 is 13.2 Å². The van der Waals surface area contributed by atoms with Crippen LogP contribution in [0.2, 0.25) is 0 Å². The Balaban J connectivity index is 1.40. The maximum Gasteiger partial charge on any atom is 0.175 e. The number of hydrogen-bond acceptors (Lipinski definition) is 6. The quantitative estimate of drug-likeness (QED) is 0.730. The third-order valence-corrected chi connectivity index (χ3v) is 7.78. The topological polar surface area (TPSA) is 49.9 Å². The van der Waals surface area contributed by atoms with E-state index in [0.29, 0.717) is 4.90 Å². The lowest BCUT2D eigenvalue weighted by Crippen LogP contribution is -2.51. The van der Waals surface area contributed by atoms with Gasteiger partial charge in [-0.1, -0.05) is 0 Å². The third-order valence-electron chi connectivity index (χ3n) is 5.44. The fourth-order valence-electron chi connectivity index (χ4n) is 3.74. The van der Waals surface area contributed by atoms with E-state index < -0.39 is 9.84 Å². The second-order valence-corrected chi connectivity index (χ2v) is 10.6. The number of sulfone groups is 1. The largest absolute Gasteiger partial charge is 0.358 e. The van der Waals surface area contributed by atoms with Crippen molar-refractivity contribution in [1.29, 1.82) is 0 Å². The fraction of sp³-hybridized carbons (Fsp3) is 0.667. The predicted octanol–water partition coefficient (Wildman–Crippen LogP) is 2.63. The molecule has 0 bridgehead atoms. The zero-order valence-corrected chi connectivity index (χ0v) is 16.3. The number of likely N-dealkylation sites (tertiary alicyclic amines) is 1. The number of piperidine rings is 1. The second kappa shape index (κ2) is 6.85. The average Bonchev–Trinajstić information content (AvgIpc) is 3.32. The van der Waals surface area contributed by atoms with Crippen LogP contribution >= 0.6 is 11.9 Å². The van der Waals surface area contributed by atoms with E-state index in [1.54, 1.807) is 24.1 Å². The molecule has 2 aliphatic heterocycles. The SMILES string of the molecule is CS(=O)(=O)c1ccc(SN2CCOC23CCN(CC2CC2)CC3)cc1. The highest BCUT2D eigenvalue weighted by Crippen LogP contribution is 2.42. The van der Waals surface area contributed by atoms with E-state index in [9.17, 15) is 8.42 Å². The van der Waals surface area contributed by atoms with Crippen molar-refractivity contribution in [2.45, 2.75) is 41.2 Å². The summed E-state index contributed by atoms with van der Waals surface area (Å²) in [6.07, 6.45) is 6.16. The van der Waals surface area contributed by atoms with E-state index in [-0.39, 0.29) is 5.72 Å². The van der Waals surface area contributed by atoms with Gasteiger partial charge in [-0.25, -0.2) is 12.7 Å². The Morgan fingerprint density at radius 2 is 1.84 bits per heavy atom. The Morgan fingerprint density at radius 3 is 2.44 bits per heavy atom. The Bertz CT molecular complexity index is 708. The van der Waals surface area contributed by atoms with E-state index in [1.807, 2.05) is 12.1 Å². The molecule has 0 aromatic heterocycles. The molecule has 0 atom stereocenters. The molecule has 3 aliphatic rings. The lowest BCUT2D eigenvalue weighted by molar-refractivity contribution is -0.0881. The number of benzene rings is 1. The van der Waals surface area contributed by atoms with Crippen molar-refractivity contribution in [3.8, 4) is 0 Å². The summed E-state index contributed by atoms with van der Waals surface area (Å²) in [7, 11) is -3.14. The van der Waals surface area contributed by atoms with Crippen molar-refractivity contribution in [2.24, 2.45) is 5.92 Å². The summed E-state index contributed by atoms with van der Waals surface area (Å²) < 4.78 is 31.8. The van der Waals surface area contributed by atoms with Crippen LogP contribution in [0.5, 0.6) is 0 Å². The van der Waals surface area contributed by atoms with Crippen LogP contribution < -0.4 is 0 Å². The number of rotatable bonds is 5. The summed E-state index contributed by atoms with van der Waals surface area (Å²) in [4.78, 5) is 4.03. The Labute approximate surface area is 154 Å². The molecule has 2 heterocycles. The van der Waals surface area contributed by atoms with Crippen LogP contribution in [0.25, 0.3) is 0 Å². The molecule has 7 heteroatoms. The van der Waals surface area contributed by atoms with Gasteiger partial charge in [-0.2, -0.15) is 0 Å². The van der Waals surface area contributed by atoms with E-state index in [0.717, 1.165) is 49.9 Å². The van der Waals surface area contributed by atoms with Crippen LogP contribution in [0.4, 0.5) is 0 Å². The standard InChI is InChI=1S/C18H26N2O3S2/c1-25(21,22)17-6-4-16(5-7-17)24-20-12-13-23-18(20)8-10-19(11-9-18)14-15-2-3-15/h4-7,15H,2-3,8-14H2,1H3. The van der Waals surface area contributed by atoms with Gasteiger partial charge in [0.05, 0.1) is 11.5 Å². The van der Waals surface area contributed by atoms with Gasteiger partial charge in [0.15, 0.2) is 9.84 Å². The van der Waals surface area contributed by atoms with E-state index in [4.69, 9.17) is 4.74 Å². The Morgan fingerprint density at radius 1 is 1.16 bits per heavy atom. The number of ether oxygens (including phenoxy) is 1. The third kappa shape index (κ3) is 4.06. The van der Waals surface area contributed by atoms with Gasteiger partial charge < -0.3 is 9.64 Å². The zero-order chi connectivity index (χ0) is 17.5. The first-order valence-corrected chi connectivity index (χ1v) is 11.7. The maximum atomic E-state index is 11.6. The van der Waals surface area contributed by atoms with Crippen molar-refractivity contribution in [1.82, 2.24) is 9.21 Å². The first kappa shape index (κ1) is 17.8. The minimum Gasteiger partial charge on any atom is -0.358 e. The van der Waals surface area contributed by atoms with Crippen molar-refractivity contribution >= 4 is 21.8 Å². The highest BCUT2D eigenvalue weighted by atomic mass is 32.2. The molecule has 5 nitrogen and oxygen atoms in total. The van der Waals surface area contributed by atoms with E-state index in [1.165, 1.54) is 25.6 Å². The molecule has 2 saturated heterocycles. The van der Waals surface area contributed by atoms with Crippen molar-refractivity contribution in [3.63, 3.8) is 0 Å². The molecular weight excluding hydrogens is 356 g/mol. The summed E-state index contributed by atoms with van der Waals surface area (Å²) in [6.45, 7) is 5.18. The average molecular weight is 383 g/mol. The van der Waals surface area contributed by atoms with Gasteiger partial charge in [0, 0.05) is 50.2 Å². The van der Waals surface area contributed by atoms with E-state index >= 15 is 0 Å². The van der Waals surface area contributed by atoms with Crippen LogP contribution in [0.3, 0.4) is 0 Å². The molecule has 1 aromatic carbocycles. The summed E-state index contributed by atoms with van der Waals surface area (Å²) in [5, 5.41) is 0. The predicted molar refractivity (Wildman–Crippen MR) is 99.2 cm³/mol.